The summed E-state index contributed by atoms with van der Waals surface area (Å²) in [4.78, 5) is 7.38. The van der Waals surface area contributed by atoms with Gasteiger partial charge in [-0.2, -0.15) is 0 Å². The summed E-state index contributed by atoms with van der Waals surface area (Å²) in [5.74, 6) is 0.926. The largest absolute Gasteiger partial charge is 0.311 e. The number of hydrogen-bond donors (Lipinski definition) is 0. The molecule has 2 aromatic heterocycles. The fraction of sp³-hybridized carbons (Fsp3) is 0. The van der Waals surface area contributed by atoms with E-state index < -0.39 is 0 Å². The molecule has 2 heterocycles. The van der Waals surface area contributed by atoms with Gasteiger partial charge in [-0.15, -0.1) is 11.3 Å². The molecule has 0 fully saturated rings. The Kier molecular flexibility index (Phi) is 6.65. The Morgan fingerprint density at radius 3 is 1.79 bits per heavy atom. The Labute approximate surface area is 277 Å². The van der Waals surface area contributed by atoms with E-state index in [1.807, 2.05) is 23.5 Å². The second-order valence-corrected chi connectivity index (χ2v) is 12.8. The molecule has 0 N–H and O–H groups in total. The van der Waals surface area contributed by atoms with E-state index in [9.17, 15) is 0 Å². The summed E-state index contributed by atoms with van der Waals surface area (Å²) in [6, 6.07) is 62.5. The zero-order valence-corrected chi connectivity index (χ0v) is 26.3. The molecule has 0 saturated heterocycles. The number of benzene rings is 7. The van der Waals surface area contributed by atoms with Gasteiger partial charge in [0.2, 0.25) is 0 Å². The lowest BCUT2D eigenvalue weighted by atomic mass is 10.0. The van der Waals surface area contributed by atoms with E-state index in [-0.39, 0.29) is 0 Å². The molecule has 0 atom stereocenters. The van der Waals surface area contributed by atoms with E-state index in [4.69, 9.17) is 4.98 Å². The molecule has 0 aliphatic carbocycles. The maximum Gasteiger partial charge on any atom is 0.145 e. The minimum Gasteiger partial charge on any atom is -0.311 e. The van der Waals surface area contributed by atoms with Gasteiger partial charge in [0.25, 0.3) is 0 Å². The molecule has 222 valence electrons. The molecule has 3 nitrogen and oxygen atoms in total. The summed E-state index contributed by atoms with van der Waals surface area (Å²) in [6.07, 6.45) is 0. The van der Waals surface area contributed by atoms with Crippen molar-refractivity contribution >= 4 is 59.6 Å². The summed E-state index contributed by atoms with van der Waals surface area (Å²) in [6.45, 7) is 0. The van der Waals surface area contributed by atoms with Crippen LogP contribution in [0, 0.1) is 0 Å². The van der Waals surface area contributed by atoms with Crippen LogP contribution in [0.5, 0.6) is 0 Å². The molecular formula is C43H29N3S. The van der Waals surface area contributed by atoms with Crippen LogP contribution in [0.25, 0.3) is 59.4 Å². The van der Waals surface area contributed by atoms with Gasteiger partial charge in [0.05, 0.1) is 11.0 Å². The maximum absolute atomic E-state index is 5.07. The number of rotatable bonds is 6. The summed E-state index contributed by atoms with van der Waals surface area (Å²) in [5, 5.41) is 2.64. The van der Waals surface area contributed by atoms with E-state index in [0.717, 1.165) is 45.2 Å². The zero-order valence-electron chi connectivity index (χ0n) is 25.5. The average molecular weight is 620 g/mol. The lowest BCUT2D eigenvalue weighted by Crippen LogP contribution is -2.09. The van der Waals surface area contributed by atoms with Gasteiger partial charge in [0, 0.05) is 48.5 Å². The zero-order chi connectivity index (χ0) is 31.2. The first kappa shape index (κ1) is 27.3. The van der Waals surface area contributed by atoms with E-state index in [1.165, 1.54) is 31.3 Å². The predicted molar refractivity (Wildman–Crippen MR) is 200 cm³/mol. The molecule has 4 heteroatoms. The first-order valence-corrected chi connectivity index (χ1v) is 16.6. The van der Waals surface area contributed by atoms with Crippen molar-refractivity contribution in [2.24, 2.45) is 0 Å². The van der Waals surface area contributed by atoms with E-state index in [0.29, 0.717) is 0 Å². The van der Waals surface area contributed by atoms with Gasteiger partial charge in [-0.25, -0.2) is 4.98 Å². The average Bonchev–Trinajstić information content (AvgIpc) is 3.72. The third-order valence-electron chi connectivity index (χ3n) is 8.81. The van der Waals surface area contributed by atoms with Crippen molar-refractivity contribution in [2.75, 3.05) is 4.90 Å². The van der Waals surface area contributed by atoms with Crippen LogP contribution in [0.1, 0.15) is 0 Å². The Hall–Kier alpha value is -5.97. The molecule has 0 bridgehead atoms. The minimum atomic E-state index is 0.926. The minimum absolute atomic E-state index is 0.926. The van der Waals surface area contributed by atoms with Crippen molar-refractivity contribution in [1.29, 1.82) is 0 Å². The molecule has 9 aromatic rings. The number of imidazole rings is 1. The predicted octanol–water partition coefficient (Wildman–Crippen LogP) is 12.2. The van der Waals surface area contributed by atoms with Crippen LogP contribution in [0.4, 0.5) is 17.1 Å². The first-order valence-electron chi connectivity index (χ1n) is 15.8. The summed E-state index contributed by atoms with van der Waals surface area (Å²) in [7, 11) is 0. The SMILES string of the molecule is c1ccc(N(c2ccc(-c3ccc4sc5ccccc5c4c3)cc2)c2ccc(-c3nc4ccccc4n3-c3ccccc3)cc2)cc1. The Morgan fingerprint density at radius 2 is 1.02 bits per heavy atom. The van der Waals surface area contributed by atoms with Crippen molar-refractivity contribution in [2.45, 2.75) is 0 Å². The first-order chi connectivity index (χ1) is 23.3. The lowest BCUT2D eigenvalue weighted by Gasteiger charge is -2.26. The van der Waals surface area contributed by atoms with Gasteiger partial charge in [-0.05, 0) is 102 Å². The summed E-state index contributed by atoms with van der Waals surface area (Å²) >= 11 is 1.86. The standard InChI is InChI=1S/C43H29N3S/c1-3-11-33(12-4-1)45(35-24-19-30(20-25-35)32-23-28-42-38(29-32)37-15-7-10-18-41(37)47-42)36-26-21-31(22-27-36)43-44-39-16-8-9-17-40(39)46(43)34-13-5-2-6-14-34/h1-29H. The highest BCUT2D eigenvalue weighted by Crippen LogP contribution is 2.39. The molecule has 9 rings (SSSR count). The number of para-hydroxylation sites is 4. The number of nitrogens with zero attached hydrogens (tertiary/aromatic N) is 3. The summed E-state index contributed by atoms with van der Waals surface area (Å²) in [5.41, 5.74) is 9.95. The quantitative estimate of drug-likeness (QED) is 0.185. The highest BCUT2D eigenvalue weighted by Gasteiger charge is 2.17. The number of fused-ring (bicyclic) bond motifs is 4. The Morgan fingerprint density at radius 1 is 0.447 bits per heavy atom. The molecular weight excluding hydrogens is 591 g/mol. The van der Waals surface area contributed by atoms with E-state index in [2.05, 4.69) is 173 Å². The van der Waals surface area contributed by atoms with Crippen LogP contribution in [-0.4, -0.2) is 9.55 Å². The number of hydrogen-bond acceptors (Lipinski definition) is 3. The molecule has 0 amide bonds. The van der Waals surface area contributed by atoms with Crippen molar-refractivity contribution < 1.29 is 0 Å². The molecule has 0 radical (unpaired) electrons. The van der Waals surface area contributed by atoms with E-state index >= 15 is 0 Å². The van der Waals surface area contributed by atoms with Gasteiger partial charge < -0.3 is 4.90 Å². The fourth-order valence-corrected chi connectivity index (χ4v) is 7.64. The van der Waals surface area contributed by atoms with Crippen LogP contribution in [0.2, 0.25) is 0 Å². The molecule has 7 aromatic carbocycles. The third kappa shape index (κ3) is 4.87. The van der Waals surface area contributed by atoms with Crippen LogP contribution in [-0.2, 0) is 0 Å². The van der Waals surface area contributed by atoms with Gasteiger partial charge in [-0.3, -0.25) is 4.57 Å². The highest BCUT2D eigenvalue weighted by molar-refractivity contribution is 7.25. The Bertz CT molecular complexity index is 2490. The van der Waals surface area contributed by atoms with Crippen LogP contribution < -0.4 is 4.90 Å². The molecule has 47 heavy (non-hydrogen) atoms. The van der Waals surface area contributed by atoms with Crippen molar-refractivity contribution in [3.63, 3.8) is 0 Å². The molecule has 0 aliphatic rings. The number of thiophene rings is 1. The second-order valence-electron chi connectivity index (χ2n) is 11.7. The van der Waals surface area contributed by atoms with Gasteiger partial charge in [0.15, 0.2) is 0 Å². The maximum atomic E-state index is 5.07. The highest BCUT2D eigenvalue weighted by atomic mass is 32.1. The van der Waals surface area contributed by atoms with Crippen molar-refractivity contribution in [3.05, 3.63) is 176 Å². The lowest BCUT2D eigenvalue weighted by molar-refractivity contribution is 1.10. The molecule has 0 aliphatic heterocycles. The Balaban J connectivity index is 1.09. The van der Waals surface area contributed by atoms with Gasteiger partial charge in [-0.1, -0.05) is 84.9 Å². The fourth-order valence-electron chi connectivity index (χ4n) is 6.55. The van der Waals surface area contributed by atoms with Crippen molar-refractivity contribution in [3.8, 4) is 28.2 Å². The topological polar surface area (TPSA) is 21.1 Å². The van der Waals surface area contributed by atoms with Crippen LogP contribution >= 0.6 is 11.3 Å². The molecule has 0 unspecified atom stereocenters. The van der Waals surface area contributed by atoms with Crippen molar-refractivity contribution in [1.82, 2.24) is 9.55 Å². The monoisotopic (exact) mass is 619 g/mol. The number of anilines is 3. The molecule has 0 saturated carbocycles. The second kappa shape index (κ2) is 11.4. The van der Waals surface area contributed by atoms with Crippen LogP contribution in [0.15, 0.2) is 176 Å². The van der Waals surface area contributed by atoms with E-state index in [1.54, 1.807) is 0 Å². The molecule has 0 spiro atoms. The van der Waals surface area contributed by atoms with Gasteiger partial charge in [0.1, 0.15) is 5.82 Å². The van der Waals surface area contributed by atoms with Gasteiger partial charge >= 0.3 is 0 Å². The summed E-state index contributed by atoms with van der Waals surface area (Å²) < 4.78 is 4.90. The third-order valence-corrected chi connectivity index (χ3v) is 9.96. The van der Waals surface area contributed by atoms with Crippen LogP contribution in [0.3, 0.4) is 0 Å². The normalized spacial score (nSPS) is 11.4. The number of aromatic nitrogens is 2. The smallest absolute Gasteiger partial charge is 0.145 e.